The van der Waals surface area contributed by atoms with Gasteiger partial charge in [0.05, 0.1) is 30.4 Å². The maximum absolute atomic E-state index is 10.8. The minimum absolute atomic E-state index is 0. The molecule has 13 nitrogen and oxygen atoms in total. The van der Waals surface area contributed by atoms with Crippen LogP contribution in [0.3, 0.4) is 0 Å². The summed E-state index contributed by atoms with van der Waals surface area (Å²) in [4.78, 5) is 56.6. The number of carboxylic acid groups (broad SMARTS) is 5. The second-order valence-electron chi connectivity index (χ2n) is 5.58. The van der Waals surface area contributed by atoms with Gasteiger partial charge in [0.1, 0.15) is 0 Å². The largest absolute Gasteiger partial charge is 3.00 e. The molecule has 0 aromatic heterocycles. The first-order valence-corrected chi connectivity index (χ1v) is 7.67. The third-order valence-electron chi connectivity index (χ3n) is 3.23. The van der Waals surface area contributed by atoms with Crippen LogP contribution in [0.15, 0.2) is 0 Å². The van der Waals surface area contributed by atoms with Crippen LogP contribution in [0.25, 0.3) is 0 Å². The van der Waals surface area contributed by atoms with Gasteiger partial charge in [-0.05, 0) is 0 Å². The van der Waals surface area contributed by atoms with Gasteiger partial charge in [-0.3, -0.25) is 19.5 Å². The van der Waals surface area contributed by atoms with Crippen molar-refractivity contribution in [2.75, 3.05) is 58.9 Å². The van der Waals surface area contributed by atoms with Gasteiger partial charge in [0.2, 0.25) is 0 Å². The van der Waals surface area contributed by atoms with Crippen LogP contribution in [-0.4, -0.2) is 109 Å². The fraction of sp³-hybridized carbons (Fsp3) is 0.643. The normalized spacial score (nSPS) is 10.3. The molecule has 0 rings (SSSR count). The maximum Gasteiger partial charge on any atom is 3.00 e. The third kappa shape index (κ3) is 20.4. The predicted molar refractivity (Wildman–Crippen MR) is 77.0 cm³/mol. The Labute approximate surface area is 219 Å². The Morgan fingerprint density at radius 3 is 1.07 bits per heavy atom. The van der Waals surface area contributed by atoms with E-state index in [1.807, 2.05) is 0 Å². The molecule has 0 fully saturated rings. The van der Waals surface area contributed by atoms with Gasteiger partial charge in [-0.2, -0.15) is 0 Å². The number of aliphatic carboxylic acids is 5. The number of carbonyl (C=O) groups excluding carboxylic acids is 4. The van der Waals surface area contributed by atoms with Crippen molar-refractivity contribution in [3.05, 3.63) is 0 Å². The van der Waals surface area contributed by atoms with Crippen LogP contribution in [0.2, 0.25) is 0 Å². The first-order valence-electron chi connectivity index (χ1n) is 7.67. The summed E-state index contributed by atoms with van der Waals surface area (Å²) in [5, 5.41) is 51.5. The standard InChI is InChI=1S/C14H23N3O10.Fe.K/c18-10(19)5-15(1-3-16(6-11(20)21)7-12(22)23)2-4-17(8-13(24)25)9-14(26)27;;/h1-9H2,(H,18,19)(H,20,21)(H,22,23)(H,24,25)(H,26,27);;/q;+3;+1/p-4. The molecule has 29 heavy (non-hydrogen) atoms. The van der Waals surface area contributed by atoms with E-state index >= 15 is 0 Å². The summed E-state index contributed by atoms with van der Waals surface area (Å²) in [6.07, 6.45) is 0. The van der Waals surface area contributed by atoms with Crippen molar-refractivity contribution in [1.82, 2.24) is 14.7 Å². The Morgan fingerprint density at radius 1 is 0.552 bits per heavy atom. The van der Waals surface area contributed by atoms with Crippen molar-refractivity contribution in [3.8, 4) is 0 Å². The smallest absolute Gasteiger partial charge is 0.549 e. The molecule has 0 aliphatic rings. The Morgan fingerprint density at radius 2 is 0.793 bits per heavy atom. The molecule has 0 saturated heterocycles. The number of hydrogen-bond donors (Lipinski definition) is 1. The van der Waals surface area contributed by atoms with Gasteiger partial charge in [-0.1, -0.05) is 0 Å². The molecule has 0 unspecified atom stereocenters. The molecule has 0 aromatic rings. The minimum atomic E-state index is -1.54. The summed E-state index contributed by atoms with van der Waals surface area (Å²) in [6.45, 7) is -3.88. The molecule has 1 N–H and O–H groups in total. The van der Waals surface area contributed by atoms with E-state index in [0.717, 1.165) is 9.80 Å². The molecule has 0 aliphatic heterocycles. The summed E-state index contributed by atoms with van der Waals surface area (Å²) >= 11 is 0. The van der Waals surface area contributed by atoms with Crippen LogP contribution in [-0.2, 0) is 41.0 Å². The van der Waals surface area contributed by atoms with E-state index in [2.05, 4.69) is 0 Å². The second-order valence-corrected chi connectivity index (χ2v) is 5.58. The van der Waals surface area contributed by atoms with Crippen molar-refractivity contribution >= 4 is 29.8 Å². The van der Waals surface area contributed by atoms with Crippen molar-refractivity contribution in [3.63, 3.8) is 0 Å². The molecule has 0 spiro atoms. The maximum atomic E-state index is 10.8. The van der Waals surface area contributed by atoms with E-state index in [9.17, 15) is 44.4 Å². The van der Waals surface area contributed by atoms with Crippen molar-refractivity contribution in [1.29, 1.82) is 0 Å². The van der Waals surface area contributed by atoms with E-state index in [1.165, 1.54) is 4.90 Å². The van der Waals surface area contributed by atoms with Crippen LogP contribution in [0.4, 0.5) is 0 Å². The second kappa shape index (κ2) is 18.2. The Kier molecular flexibility index (Phi) is 20.7. The molecular weight excluding hydrogens is 465 g/mol. The zero-order valence-electron chi connectivity index (χ0n) is 15.7. The van der Waals surface area contributed by atoms with Crippen LogP contribution in [0.5, 0.6) is 0 Å². The number of nitrogens with zero attached hydrogens (tertiary/aromatic N) is 3. The molecule has 0 aliphatic carbocycles. The summed E-state index contributed by atoms with van der Waals surface area (Å²) in [5.74, 6) is -7.37. The fourth-order valence-electron chi connectivity index (χ4n) is 2.19. The van der Waals surface area contributed by atoms with Gasteiger partial charge in [-0.25, -0.2) is 0 Å². The number of rotatable bonds is 16. The van der Waals surface area contributed by atoms with E-state index in [1.54, 1.807) is 0 Å². The van der Waals surface area contributed by atoms with Crippen molar-refractivity contribution in [2.24, 2.45) is 0 Å². The fourth-order valence-corrected chi connectivity index (χ4v) is 2.19. The molecule has 159 valence electrons. The molecular formula is C14H19FeKN3O10. The Hall–Kier alpha value is -0.614. The summed E-state index contributed by atoms with van der Waals surface area (Å²) in [7, 11) is 0. The van der Waals surface area contributed by atoms with Gasteiger partial charge in [0, 0.05) is 52.4 Å². The molecule has 0 heterocycles. The quantitative estimate of drug-likeness (QED) is 0.202. The molecule has 0 saturated carbocycles. The SMILES string of the molecule is O=C([O-])CN(CCN(CC(=O)[O-])CC(=O)[O-])CCN(CC(=O)[O-])CC(=O)O.[Fe+3].[K+]. The monoisotopic (exact) mass is 484 g/mol. The number of hydrogen-bond acceptors (Lipinski definition) is 12. The van der Waals surface area contributed by atoms with Crippen molar-refractivity contribution < 1.29 is 118 Å². The van der Waals surface area contributed by atoms with Crippen LogP contribution in [0.1, 0.15) is 0 Å². The van der Waals surface area contributed by atoms with Gasteiger partial charge < -0.3 is 44.7 Å². The zero-order valence-corrected chi connectivity index (χ0v) is 19.9. The summed E-state index contributed by atoms with van der Waals surface area (Å²) < 4.78 is 0. The average molecular weight is 484 g/mol. The van der Waals surface area contributed by atoms with E-state index in [-0.39, 0.29) is 94.6 Å². The topological polar surface area (TPSA) is 208 Å². The van der Waals surface area contributed by atoms with Gasteiger partial charge >= 0.3 is 74.4 Å². The Balaban J connectivity index is -0.00000338. The molecule has 0 aromatic carbocycles. The zero-order chi connectivity index (χ0) is 21.0. The molecule has 0 amide bonds. The van der Waals surface area contributed by atoms with E-state index < -0.39 is 62.6 Å². The summed E-state index contributed by atoms with van der Waals surface area (Å²) in [5.41, 5.74) is 0. The van der Waals surface area contributed by atoms with E-state index in [4.69, 9.17) is 5.11 Å². The minimum Gasteiger partial charge on any atom is -0.549 e. The summed E-state index contributed by atoms with van der Waals surface area (Å²) in [6, 6.07) is 0. The van der Waals surface area contributed by atoms with Gasteiger partial charge in [0.15, 0.2) is 0 Å². The Bertz CT molecular complexity index is 494. The predicted octanol–water partition coefficient (Wildman–Crippen LogP) is -11.0. The number of carboxylic acids is 5. The van der Waals surface area contributed by atoms with Crippen LogP contribution >= 0.6 is 0 Å². The van der Waals surface area contributed by atoms with Gasteiger partial charge in [0.25, 0.3) is 0 Å². The molecule has 15 heteroatoms. The molecule has 1 radical (unpaired) electrons. The molecule has 0 bridgehead atoms. The molecule has 0 atom stereocenters. The third-order valence-corrected chi connectivity index (χ3v) is 3.23. The first kappa shape index (κ1) is 33.0. The van der Waals surface area contributed by atoms with Crippen LogP contribution < -0.4 is 71.8 Å². The van der Waals surface area contributed by atoms with Gasteiger partial charge in [-0.15, -0.1) is 0 Å². The number of carbonyl (C=O) groups is 5. The van der Waals surface area contributed by atoms with Crippen molar-refractivity contribution in [2.45, 2.75) is 0 Å². The van der Waals surface area contributed by atoms with E-state index in [0.29, 0.717) is 0 Å². The first-order chi connectivity index (χ1) is 12.5. The van der Waals surface area contributed by atoms with Crippen LogP contribution in [0, 0.1) is 0 Å². The average Bonchev–Trinajstić information content (AvgIpc) is 2.46.